The molecule has 2 aromatic rings. The van der Waals surface area contributed by atoms with Gasteiger partial charge in [0.05, 0.1) is 13.2 Å². The van der Waals surface area contributed by atoms with Crippen molar-refractivity contribution >= 4 is 0 Å². The monoisotopic (exact) mass is 245 g/mol. The van der Waals surface area contributed by atoms with E-state index in [1.165, 1.54) is 5.56 Å². The largest absolute Gasteiger partial charge is 0.497 e. The average Bonchev–Trinajstić information content (AvgIpc) is 2.83. The Labute approximate surface area is 108 Å². The molecule has 0 spiro atoms. The minimum absolute atomic E-state index is 0.229. The third-order valence-corrected chi connectivity index (χ3v) is 3.02. The Morgan fingerprint density at radius 1 is 1.33 bits per heavy atom. The van der Waals surface area contributed by atoms with Crippen LogP contribution in [0.2, 0.25) is 0 Å². The number of nitrogens with zero attached hydrogens (tertiary/aromatic N) is 2. The predicted molar refractivity (Wildman–Crippen MR) is 71.5 cm³/mol. The van der Waals surface area contributed by atoms with Gasteiger partial charge in [-0.05, 0) is 24.6 Å². The van der Waals surface area contributed by atoms with Gasteiger partial charge in [-0.3, -0.25) is 0 Å². The highest BCUT2D eigenvalue weighted by atomic mass is 16.5. The van der Waals surface area contributed by atoms with E-state index in [0.717, 1.165) is 18.1 Å². The zero-order valence-electron chi connectivity index (χ0n) is 11.1. The van der Waals surface area contributed by atoms with Crippen LogP contribution < -0.4 is 10.1 Å². The number of aromatic nitrogens is 2. The Hall–Kier alpha value is -1.81. The maximum Gasteiger partial charge on any atom is 0.125 e. The van der Waals surface area contributed by atoms with Gasteiger partial charge in [-0.25, -0.2) is 4.98 Å². The highest BCUT2D eigenvalue weighted by Crippen LogP contribution is 2.13. The van der Waals surface area contributed by atoms with Gasteiger partial charge in [0.1, 0.15) is 11.6 Å². The number of rotatable bonds is 5. The molecule has 1 aromatic carbocycles. The van der Waals surface area contributed by atoms with Gasteiger partial charge in [-0.1, -0.05) is 12.1 Å². The standard InChI is InChI=1S/C14H19N3O/c1-11(14-15-8-9-17(14)2)16-10-12-4-6-13(18-3)7-5-12/h4-9,11,16H,10H2,1-3H3. The molecule has 0 saturated heterocycles. The van der Waals surface area contributed by atoms with E-state index in [0.29, 0.717) is 0 Å². The summed E-state index contributed by atoms with van der Waals surface area (Å²) in [5, 5.41) is 3.46. The van der Waals surface area contributed by atoms with Crippen molar-refractivity contribution in [2.45, 2.75) is 19.5 Å². The first-order chi connectivity index (χ1) is 8.70. The van der Waals surface area contributed by atoms with Crippen molar-refractivity contribution in [2.75, 3.05) is 7.11 Å². The van der Waals surface area contributed by atoms with Crippen LogP contribution >= 0.6 is 0 Å². The summed E-state index contributed by atoms with van der Waals surface area (Å²) in [7, 11) is 3.68. The van der Waals surface area contributed by atoms with E-state index in [1.54, 1.807) is 7.11 Å². The Bertz CT molecular complexity index is 490. The van der Waals surface area contributed by atoms with Crippen LogP contribution in [0, 0.1) is 0 Å². The number of hydrogen-bond donors (Lipinski definition) is 1. The van der Waals surface area contributed by atoms with Crippen LogP contribution in [0.15, 0.2) is 36.7 Å². The van der Waals surface area contributed by atoms with Gasteiger partial charge in [-0.2, -0.15) is 0 Å². The smallest absolute Gasteiger partial charge is 0.125 e. The van der Waals surface area contributed by atoms with Gasteiger partial charge in [0.2, 0.25) is 0 Å². The van der Waals surface area contributed by atoms with Gasteiger partial charge in [0.15, 0.2) is 0 Å². The second-order valence-electron chi connectivity index (χ2n) is 4.35. The van der Waals surface area contributed by atoms with Crippen molar-refractivity contribution in [2.24, 2.45) is 7.05 Å². The summed E-state index contributed by atoms with van der Waals surface area (Å²) in [6.07, 6.45) is 3.78. The van der Waals surface area contributed by atoms with Crippen LogP contribution in [-0.2, 0) is 13.6 Å². The zero-order valence-corrected chi connectivity index (χ0v) is 11.1. The molecule has 0 bridgehead atoms. The molecule has 0 radical (unpaired) electrons. The van der Waals surface area contributed by atoms with E-state index in [4.69, 9.17) is 4.74 Å². The molecule has 1 heterocycles. The SMILES string of the molecule is COc1ccc(CNC(C)c2nccn2C)cc1. The summed E-state index contributed by atoms with van der Waals surface area (Å²) in [5.41, 5.74) is 1.23. The number of aryl methyl sites for hydroxylation is 1. The number of benzene rings is 1. The molecule has 1 N–H and O–H groups in total. The van der Waals surface area contributed by atoms with Crippen LogP contribution in [0.5, 0.6) is 5.75 Å². The molecule has 0 amide bonds. The summed E-state index contributed by atoms with van der Waals surface area (Å²) in [4.78, 5) is 4.34. The number of nitrogens with one attached hydrogen (secondary N) is 1. The van der Waals surface area contributed by atoms with Crippen LogP contribution in [0.4, 0.5) is 0 Å². The average molecular weight is 245 g/mol. The quantitative estimate of drug-likeness (QED) is 0.878. The summed E-state index contributed by atoms with van der Waals surface area (Å²) in [6, 6.07) is 8.31. The van der Waals surface area contributed by atoms with Crippen molar-refractivity contribution in [1.82, 2.24) is 14.9 Å². The zero-order chi connectivity index (χ0) is 13.0. The van der Waals surface area contributed by atoms with Crippen LogP contribution in [0.25, 0.3) is 0 Å². The molecule has 0 aliphatic carbocycles. The summed E-state index contributed by atoms with van der Waals surface area (Å²) >= 11 is 0. The van der Waals surface area contributed by atoms with Gasteiger partial charge in [0.25, 0.3) is 0 Å². The third-order valence-electron chi connectivity index (χ3n) is 3.02. The van der Waals surface area contributed by atoms with Crippen LogP contribution in [0.3, 0.4) is 0 Å². The maximum atomic E-state index is 5.14. The van der Waals surface area contributed by atoms with E-state index < -0.39 is 0 Å². The lowest BCUT2D eigenvalue weighted by atomic mass is 10.2. The number of imidazole rings is 1. The molecule has 18 heavy (non-hydrogen) atoms. The van der Waals surface area contributed by atoms with Crippen molar-refractivity contribution < 1.29 is 4.74 Å². The third kappa shape index (κ3) is 2.90. The molecule has 96 valence electrons. The van der Waals surface area contributed by atoms with Crippen molar-refractivity contribution in [1.29, 1.82) is 0 Å². The van der Waals surface area contributed by atoms with Crippen LogP contribution in [-0.4, -0.2) is 16.7 Å². The number of ether oxygens (including phenoxy) is 1. The second kappa shape index (κ2) is 5.69. The highest BCUT2D eigenvalue weighted by Gasteiger charge is 2.09. The van der Waals surface area contributed by atoms with Gasteiger partial charge < -0.3 is 14.6 Å². The molecule has 1 atom stereocenters. The van der Waals surface area contributed by atoms with E-state index in [9.17, 15) is 0 Å². The molecular formula is C14H19N3O. The van der Waals surface area contributed by atoms with Gasteiger partial charge >= 0.3 is 0 Å². The molecule has 0 aliphatic heterocycles. The fourth-order valence-corrected chi connectivity index (χ4v) is 1.90. The van der Waals surface area contributed by atoms with Crippen molar-refractivity contribution in [3.8, 4) is 5.75 Å². The van der Waals surface area contributed by atoms with Crippen molar-refractivity contribution in [3.63, 3.8) is 0 Å². The van der Waals surface area contributed by atoms with Crippen molar-refractivity contribution in [3.05, 3.63) is 48.0 Å². The second-order valence-corrected chi connectivity index (χ2v) is 4.35. The minimum atomic E-state index is 0.229. The molecule has 0 fully saturated rings. The van der Waals surface area contributed by atoms with Gasteiger partial charge in [0, 0.05) is 26.0 Å². The molecule has 4 nitrogen and oxygen atoms in total. The fourth-order valence-electron chi connectivity index (χ4n) is 1.90. The topological polar surface area (TPSA) is 39.1 Å². The van der Waals surface area contributed by atoms with E-state index in [-0.39, 0.29) is 6.04 Å². The molecule has 0 saturated carbocycles. The molecule has 1 aromatic heterocycles. The molecule has 2 rings (SSSR count). The summed E-state index contributed by atoms with van der Waals surface area (Å²) in [6.45, 7) is 2.93. The number of hydrogen-bond acceptors (Lipinski definition) is 3. The molecule has 0 aliphatic rings. The maximum absolute atomic E-state index is 5.14. The number of methoxy groups -OCH3 is 1. The summed E-state index contributed by atoms with van der Waals surface area (Å²) in [5.74, 6) is 1.93. The Balaban J connectivity index is 1.93. The molecule has 1 unspecified atom stereocenters. The van der Waals surface area contributed by atoms with Gasteiger partial charge in [-0.15, -0.1) is 0 Å². The van der Waals surface area contributed by atoms with Crippen LogP contribution in [0.1, 0.15) is 24.4 Å². The molecular weight excluding hydrogens is 226 g/mol. The predicted octanol–water partition coefficient (Wildman–Crippen LogP) is 2.28. The Morgan fingerprint density at radius 3 is 2.61 bits per heavy atom. The minimum Gasteiger partial charge on any atom is -0.497 e. The Kier molecular flexibility index (Phi) is 3.99. The fraction of sp³-hybridized carbons (Fsp3) is 0.357. The first-order valence-electron chi connectivity index (χ1n) is 6.04. The summed E-state index contributed by atoms with van der Waals surface area (Å²) < 4.78 is 7.17. The first kappa shape index (κ1) is 12.6. The van der Waals surface area contributed by atoms with E-state index in [1.807, 2.05) is 36.1 Å². The normalized spacial score (nSPS) is 12.4. The first-order valence-corrected chi connectivity index (χ1v) is 6.04. The molecule has 4 heteroatoms. The van der Waals surface area contributed by atoms with E-state index >= 15 is 0 Å². The lowest BCUT2D eigenvalue weighted by Crippen LogP contribution is -2.20. The van der Waals surface area contributed by atoms with E-state index in [2.05, 4.69) is 29.4 Å². The lowest BCUT2D eigenvalue weighted by molar-refractivity contribution is 0.414. The lowest BCUT2D eigenvalue weighted by Gasteiger charge is -2.13. The highest BCUT2D eigenvalue weighted by molar-refractivity contribution is 5.27. The Morgan fingerprint density at radius 2 is 2.06 bits per heavy atom.